The predicted molar refractivity (Wildman–Crippen MR) is 134 cm³/mol. The Morgan fingerprint density at radius 3 is 2.42 bits per heavy atom. The second kappa shape index (κ2) is 8.78. The zero-order valence-corrected chi connectivity index (χ0v) is 21.3. The van der Waals surface area contributed by atoms with Crippen LogP contribution in [-0.4, -0.2) is 57.2 Å². The van der Waals surface area contributed by atoms with E-state index in [1.807, 2.05) is 30.6 Å². The molecular formula is C27H34FN3O5. The van der Waals surface area contributed by atoms with E-state index in [2.05, 4.69) is 0 Å². The van der Waals surface area contributed by atoms with Crippen molar-refractivity contribution in [2.45, 2.75) is 89.8 Å². The molecule has 1 amide bonds. The molecule has 8 nitrogen and oxygen atoms in total. The van der Waals surface area contributed by atoms with Crippen molar-refractivity contribution in [2.24, 2.45) is 0 Å². The van der Waals surface area contributed by atoms with Gasteiger partial charge in [0, 0.05) is 19.1 Å². The monoisotopic (exact) mass is 499 g/mol. The molecule has 3 aliphatic rings. The van der Waals surface area contributed by atoms with Crippen molar-refractivity contribution in [2.75, 3.05) is 18.0 Å². The van der Waals surface area contributed by atoms with Crippen LogP contribution in [0.5, 0.6) is 0 Å². The molecule has 2 aromatic heterocycles. The number of halogens is 1. The summed E-state index contributed by atoms with van der Waals surface area (Å²) in [7, 11) is 0. The molecule has 1 saturated heterocycles. The molecule has 1 N–H and O–H groups in total. The van der Waals surface area contributed by atoms with E-state index in [0.717, 1.165) is 50.3 Å². The van der Waals surface area contributed by atoms with Crippen LogP contribution in [0.25, 0.3) is 5.52 Å². The van der Waals surface area contributed by atoms with Gasteiger partial charge in [0.2, 0.25) is 0 Å². The van der Waals surface area contributed by atoms with Gasteiger partial charge in [0.15, 0.2) is 5.82 Å². The van der Waals surface area contributed by atoms with Crippen LogP contribution in [0.2, 0.25) is 0 Å². The number of pyridine rings is 2. The third kappa shape index (κ3) is 4.55. The zero-order chi connectivity index (χ0) is 25.9. The molecule has 2 aliphatic carbocycles. The molecule has 9 heteroatoms. The Kier molecular flexibility index (Phi) is 6.00. The number of rotatable bonds is 5. The second-order valence-electron chi connectivity index (χ2n) is 11.4. The average Bonchev–Trinajstić information content (AvgIpc) is 3.68. The summed E-state index contributed by atoms with van der Waals surface area (Å²) in [5.74, 6) is -1.70. The highest BCUT2D eigenvalue weighted by Crippen LogP contribution is 2.44. The van der Waals surface area contributed by atoms with Gasteiger partial charge in [-0.25, -0.2) is 14.0 Å². The molecule has 1 aliphatic heterocycles. The molecule has 194 valence electrons. The van der Waals surface area contributed by atoms with Crippen LogP contribution in [0.15, 0.2) is 17.1 Å². The maximum atomic E-state index is 15.7. The number of ether oxygens (including phenoxy) is 1. The summed E-state index contributed by atoms with van der Waals surface area (Å²) in [6.45, 7) is 8.47. The van der Waals surface area contributed by atoms with Crippen LogP contribution in [0.4, 0.5) is 14.9 Å². The SMILES string of the molecule is Cc1c(N2CCC[C@@H](N(C(=O)OC(C)(C)C)C3CC3)C2)c(F)cn2c(=O)c(C(=O)O)cc(C3CC3)c12. The Bertz CT molecular complexity index is 1290. The molecule has 0 bridgehead atoms. The molecule has 1 atom stereocenters. The number of carboxylic acids is 1. The minimum Gasteiger partial charge on any atom is -0.477 e. The number of fused-ring (bicyclic) bond motifs is 1. The van der Waals surface area contributed by atoms with Gasteiger partial charge in [-0.1, -0.05) is 0 Å². The standard InChI is InChI=1S/C27H34FN3O5/c1-15-22-19(16-7-8-16)12-20(25(33)34)24(32)30(22)14-21(28)23(15)29-11-5-6-18(13-29)31(17-9-10-17)26(35)36-27(2,3)4/h12,14,16-18H,5-11,13H2,1-4H3,(H,33,34)/t18-/m1/s1. The van der Waals surface area contributed by atoms with Crippen LogP contribution in [-0.2, 0) is 4.74 Å². The average molecular weight is 500 g/mol. The van der Waals surface area contributed by atoms with Crippen LogP contribution >= 0.6 is 0 Å². The lowest BCUT2D eigenvalue weighted by molar-refractivity contribution is 0.0124. The van der Waals surface area contributed by atoms with E-state index in [9.17, 15) is 19.5 Å². The maximum absolute atomic E-state index is 15.7. The van der Waals surface area contributed by atoms with Crippen molar-refractivity contribution in [1.29, 1.82) is 0 Å². The van der Waals surface area contributed by atoms with Gasteiger partial charge in [-0.3, -0.25) is 9.20 Å². The zero-order valence-electron chi connectivity index (χ0n) is 21.3. The summed E-state index contributed by atoms with van der Waals surface area (Å²) in [6.07, 6.45) is 6.13. The van der Waals surface area contributed by atoms with Crippen molar-refractivity contribution >= 4 is 23.3 Å². The first-order chi connectivity index (χ1) is 17.0. The Hall–Kier alpha value is -3.10. The summed E-state index contributed by atoms with van der Waals surface area (Å²) >= 11 is 0. The first-order valence-corrected chi connectivity index (χ1v) is 12.8. The molecule has 2 aromatic rings. The van der Waals surface area contributed by atoms with Crippen molar-refractivity contribution in [3.8, 4) is 0 Å². The van der Waals surface area contributed by atoms with E-state index < -0.39 is 22.9 Å². The number of nitrogens with zero attached hydrogens (tertiary/aromatic N) is 3. The fourth-order valence-corrected chi connectivity index (χ4v) is 5.54. The Morgan fingerprint density at radius 1 is 1.14 bits per heavy atom. The number of amides is 1. The highest BCUT2D eigenvalue weighted by molar-refractivity contribution is 5.89. The van der Waals surface area contributed by atoms with E-state index in [0.29, 0.717) is 29.9 Å². The Morgan fingerprint density at radius 2 is 1.83 bits per heavy atom. The summed E-state index contributed by atoms with van der Waals surface area (Å²) < 4.78 is 22.5. The van der Waals surface area contributed by atoms with Crippen LogP contribution in [0.3, 0.4) is 0 Å². The number of carbonyl (C=O) groups excluding carboxylic acids is 1. The Balaban J connectivity index is 1.54. The Labute approximate surface area is 209 Å². The molecule has 36 heavy (non-hydrogen) atoms. The van der Waals surface area contributed by atoms with Gasteiger partial charge in [-0.2, -0.15) is 0 Å². The lowest BCUT2D eigenvalue weighted by atomic mass is 9.99. The number of piperidine rings is 1. The van der Waals surface area contributed by atoms with E-state index >= 15 is 4.39 Å². The fourth-order valence-electron chi connectivity index (χ4n) is 5.54. The molecule has 5 rings (SSSR count). The normalized spacial score (nSPS) is 20.5. The van der Waals surface area contributed by atoms with Crippen molar-refractivity contribution in [1.82, 2.24) is 9.30 Å². The molecule has 0 spiro atoms. The molecule has 0 aromatic carbocycles. The van der Waals surface area contributed by atoms with E-state index in [4.69, 9.17) is 4.74 Å². The molecule has 0 unspecified atom stereocenters. The minimum atomic E-state index is -1.31. The molecule has 2 saturated carbocycles. The number of hydrogen-bond donors (Lipinski definition) is 1. The minimum absolute atomic E-state index is 0.101. The predicted octanol–water partition coefficient (Wildman–Crippen LogP) is 4.69. The van der Waals surface area contributed by atoms with Crippen molar-refractivity contribution in [3.05, 3.63) is 45.1 Å². The van der Waals surface area contributed by atoms with Crippen molar-refractivity contribution in [3.63, 3.8) is 0 Å². The largest absolute Gasteiger partial charge is 0.477 e. The lowest BCUT2D eigenvalue weighted by Crippen LogP contribution is -2.52. The molecule has 3 fully saturated rings. The van der Waals surface area contributed by atoms with Gasteiger partial charge in [0.1, 0.15) is 11.2 Å². The molecular weight excluding hydrogens is 465 g/mol. The third-order valence-corrected chi connectivity index (χ3v) is 7.34. The van der Waals surface area contributed by atoms with E-state index in [1.54, 1.807) is 6.92 Å². The maximum Gasteiger partial charge on any atom is 0.410 e. The van der Waals surface area contributed by atoms with Crippen LogP contribution in [0.1, 0.15) is 86.7 Å². The second-order valence-corrected chi connectivity index (χ2v) is 11.4. The first kappa shape index (κ1) is 24.6. The van der Waals surface area contributed by atoms with Gasteiger partial charge in [-0.05, 0) is 89.3 Å². The van der Waals surface area contributed by atoms with Gasteiger partial charge < -0.3 is 19.6 Å². The summed E-state index contributed by atoms with van der Waals surface area (Å²) in [5, 5.41) is 9.54. The number of anilines is 1. The number of hydrogen-bond acceptors (Lipinski definition) is 5. The number of aromatic carboxylic acids is 1. The van der Waals surface area contributed by atoms with E-state index in [-0.39, 0.29) is 29.7 Å². The fraction of sp³-hybridized carbons (Fsp3) is 0.593. The first-order valence-electron chi connectivity index (χ1n) is 12.8. The topological polar surface area (TPSA) is 91.6 Å². The van der Waals surface area contributed by atoms with Crippen LogP contribution in [0, 0.1) is 12.7 Å². The third-order valence-electron chi connectivity index (χ3n) is 7.34. The number of aryl methyl sites for hydroxylation is 1. The molecule has 3 heterocycles. The van der Waals surface area contributed by atoms with Gasteiger partial charge in [0.25, 0.3) is 5.56 Å². The quantitative estimate of drug-likeness (QED) is 0.642. The van der Waals surface area contributed by atoms with Crippen LogP contribution < -0.4 is 10.5 Å². The van der Waals surface area contributed by atoms with Gasteiger partial charge in [-0.15, -0.1) is 0 Å². The summed E-state index contributed by atoms with van der Waals surface area (Å²) in [5.41, 5.74) is 0.768. The number of carboxylic acid groups (broad SMARTS) is 1. The highest BCUT2D eigenvalue weighted by Gasteiger charge is 2.41. The summed E-state index contributed by atoms with van der Waals surface area (Å²) in [6, 6.07) is 1.53. The smallest absolute Gasteiger partial charge is 0.410 e. The number of aromatic nitrogens is 1. The van der Waals surface area contributed by atoms with E-state index in [1.165, 1.54) is 10.5 Å². The lowest BCUT2D eigenvalue weighted by Gasteiger charge is -2.41. The summed E-state index contributed by atoms with van der Waals surface area (Å²) in [4.78, 5) is 41.5. The van der Waals surface area contributed by atoms with Crippen molar-refractivity contribution < 1.29 is 23.8 Å². The van der Waals surface area contributed by atoms with Gasteiger partial charge in [0.05, 0.1) is 23.4 Å². The number of carbonyl (C=O) groups is 2. The highest BCUT2D eigenvalue weighted by atomic mass is 19.1. The molecule has 0 radical (unpaired) electrons. The van der Waals surface area contributed by atoms with Gasteiger partial charge >= 0.3 is 12.1 Å².